The lowest BCUT2D eigenvalue weighted by molar-refractivity contribution is -0.0475. The highest BCUT2D eigenvalue weighted by Gasteiger charge is 2.46. The van der Waals surface area contributed by atoms with E-state index in [2.05, 4.69) is 20.4 Å². The van der Waals surface area contributed by atoms with Crippen molar-refractivity contribution in [1.29, 1.82) is 0 Å². The van der Waals surface area contributed by atoms with Gasteiger partial charge < -0.3 is 10.0 Å². The summed E-state index contributed by atoms with van der Waals surface area (Å²) >= 11 is 0. The van der Waals surface area contributed by atoms with Crippen molar-refractivity contribution in [3.8, 4) is 0 Å². The molecule has 4 aromatic rings. The number of aromatic nitrogens is 6. The van der Waals surface area contributed by atoms with Crippen molar-refractivity contribution in [1.82, 2.24) is 34.7 Å². The number of urea groups is 1. The van der Waals surface area contributed by atoms with Gasteiger partial charge in [0.2, 0.25) is 0 Å². The van der Waals surface area contributed by atoms with Crippen molar-refractivity contribution in [3.63, 3.8) is 0 Å². The van der Waals surface area contributed by atoms with E-state index in [1.807, 2.05) is 24.3 Å². The maximum absolute atomic E-state index is 14.9. The Bertz CT molecular complexity index is 1330. The molecule has 12 heteroatoms. The summed E-state index contributed by atoms with van der Waals surface area (Å²) in [5.41, 5.74) is -0.339. The lowest BCUT2D eigenvalue weighted by Gasteiger charge is -2.39. The maximum atomic E-state index is 14.9. The molecule has 2 amide bonds. The summed E-state index contributed by atoms with van der Waals surface area (Å²) in [4.78, 5) is 20.4. The van der Waals surface area contributed by atoms with Gasteiger partial charge in [0.25, 0.3) is 0 Å². The molecule has 5 rings (SSSR count). The summed E-state index contributed by atoms with van der Waals surface area (Å²) in [5, 5.41) is 23.6. The third-order valence-electron chi connectivity index (χ3n) is 6.53. The monoisotopic (exact) mass is 494 g/mol. The van der Waals surface area contributed by atoms with Crippen LogP contribution in [0.4, 0.5) is 19.3 Å². The predicted octanol–water partition coefficient (Wildman–Crippen LogP) is 2.41. The number of amides is 2. The van der Waals surface area contributed by atoms with E-state index in [0.717, 1.165) is 11.6 Å². The highest BCUT2D eigenvalue weighted by Crippen LogP contribution is 2.35. The number of aliphatic hydroxyl groups is 1. The highest BCUT2D eigenvalue weighted by molar-refractivity contribution is 5.94. The first-order chi connectivity index (χ1) is 17.3. The third kappa shape index (κ3) is 4.42. The van der Waals surface area contributed by atoms with Crippen LogP contribution in [0.5, 0.6) is 0 Å². The fourth-order valence-electron chi connectivity index (χ4n) is 4.54. The van der Waals surface area contributed by atoms with Crippen LogP contribution in [-0.2, 0) is 18.7 Å². The van der Waals surface area contributed by atoms with Gasteiger partial charge in [0.15, 0.2) is 0 Å². The number of anilines is 1. The zero-order valence-electron chi connectivity index (χ0n) is 19.4. The van der Waals surface area contributed by atoms with Crippen LogP contribution in [0.25, 0.3) is 0 Å². The smallest absolute Gasteiger partial charge is 0.324 e. The van der Waals surface area contributed by atoms with Gasteiger partial charge in [-0.1, -0.05) is 23.4 Å². The van der Waals surface area contributed by atoms with E-state index in [9.17, 15) is 18.7 Å². The number of hydrogen-bond acceptors (Lipinski definition) is 6. The molecule has 2 aromatic carbocycles. The van der Waals surface area contributed by atoms with Crippen molar-refractivity contribution in [2.24, 2.45) is 0 Å². The zero-order valence-corrected chi connectivity index (χ0v) is 19.4. The summed E-state index contributed by atoms with van der Waals surface area (Å²) in [7, 11) is 0. The molecule has 0 bridgehead atoms. The Labute approximate surface area is 205 Å². The van der Waals surface area contributed by atoms with Crippen molar-refractivity contribution in [3.05, 3.63) is 90.3 Å². The molecule has 2 atom stereocenters. The molecule has 36 heavy (non-hydrogen) atoms. The average Bonchev–Trinajstić information content (AvgIpc) is 3.62. The maximum Gasteiger partial charge on any atom is 0.324 e. The van der Waals surface area contributed by atoms with E-state index in [4.69, 9.17) is 0 Å². The summed E-state index contributed by atoms with van der Waals surface area (Å²) in [6.07, 6.45) is 6.05. The SMILES string of the molecule is C[C@@H](N1CCN(c2ccc(Cn3ccnn3)cc2)C1=O)[C@@](O)(Cn1cncn1)c1ccc(F)cc1F. The fourth-order valence-corrected chi connectivity index (χ4v) is 4.54. The number of rotatable bonds is 8. The van der Waals surface area contributed by atoms with Crippen LogP contribution in [0.3, 0.4) is 0 Å². The number of hydrogen-bond donors (Lipinski definition) is 1. The quantitative estimate of drug-likeness (QED) is 0.403. The van der Waals surface area contributed by atoms with E-state index in [0.29, 0.717) is 31.4 Å². The van der Waals surface area contributed by atoms with Crippen LogP contribution in [0, 0.1) is 11.6 Å². The molecule has 1 aliphatic rings. The van der Waals surface area contributed by atoms with Crippen LogP contribution in [0.15, 0.2) is 67.5 Å². The van der Waals surface area contributed by atoms with E-state index < -0.39 is 23.3 Å². The van der Waals surface area contributed by atoms with Crippen LogP contribution in [-0.4, -0.2) is 64.9 Å². The van der Waals surface area contributed by atoms with Gasteiger partial charge in [0.1, 0.15) is 29.9 Å². The summed E-state index contributed by atoms with van der Waals surface area (Å²) in [5.74, 6) is -1.67. The second-order valence-corrected chi connectivity index (χ2v) is 8.71. The zero-order chi connectivity index (χ0) is 25.3. The molecule has 2 aromatic heterocycles. The van der Waals surface area contributed by atoms with Crippen LogP contribution < -0.4 is 4.90 Å². The summed E-state index contributed by atoms with van der Waals surface area (Å²) < 4.78 is 31.5. The van der Waals surface area contributed by atoms with Gasteiger partial charge in [0, 0.05) is 36.6 Å². The summed E-state index contributed by atoms with van der Waals surface area (Å²) in [6, 6.07) is 9.31. The first kappa shape index (κ1) is 23.5. The van der Waals surface area contributed by atoms with Gasteiger partial charge >= 0.3 is 6.03 Å². The minimum atomic E-state index is -1.90. The van der Waals surface area contributed by atoms with Crippen molar-refractivity contribution < 1.29 is 18.7 Å². The number of carbonyl (C=O) groups excluding carboxylic acids is 1. The molecule has 0 spiro atoms. The lowest BCUT2D eigenvalue weighted by Crippen LogP contribution is -2.53. The van der Waals surface area contributed by atoms with E-state index >= 15 is 0 Å². The van der Waals surface area contributed by atoms with E-state index in [1.54, 1.807) is 28.9 Å². The van der Waals surface area contributed by atoms with Gasteiger partial charge in [-0.2, -0.15) is 5.10 Å². The predicted molar refractivity (Wildman–Crippen MR) is 125 cm³/mol. The number of benzene rings is 2. The lowest BCUT2D eigenvalue weighted by atomic mass is 9.85. The standard InChI is InChI=1S/C24H24F2N8O2/c1-17(24(36,14-32-16-27-15-29-32)21-7-4-19(25)12-22(21)26)33-10-11-34(23(33)35)20-5-2-18(3-6-20)13-31-9-8-28-30-31/h2-9,12,15-17,36H,10-11,13-14H2,1H3/t17-,24+/m1/s1. The second kappa shape index (κ2) is 9.46. The average molecular weight is 495 g/mol. The van der Waals surface area contributed by atoms with Gasteiger partial charge in [-0.25, -0.2) is 27.9 Å². The van der Waals surface area contributed by atoms with Crippen LogP contribution in [0.2, 0.25) is 0 Å². The summed E-state index contributed by atoms with van der Waals surface area (Å²) in [6.45, 7) is 2.70. The van der Waals surface area contributed by atoms with Gasteiger partial charge in [0.05, 0.1) is 25.3 Å². The molecule has 3 heterocycles. The van der Waals surface area contributed by atoms with Gasteiger partial charge in [-0.15, -0.1) is 5.10 Å². The Kier molecular flexibility index (Phi) is 6.18. The minimum absolute atomic E-state index is 0.129. The molecular weight excluding hydrogens is 470 g/mol. The molecule has 0 saturated carbocycles. The molecule has 0 aliphatic carbocycles. The van der Waals surface area contributed by atoms with Gasteiger partial charge in [-0.05, 0) is 30.7 Å². The Morgan fingerprint density at radius 2 is 1.92 bits per heavy atom. The first-order valence-electron chi connectivity index (χ1n) is 11.4. The van der Waals surface area contributed by atoms with Crippen molar-refractivity contribution in [2.45, 2.75) is 31.7 Å². The van der Waals surface area contributed by atoms with Crippen LogP contribution in [0.1, 0.15) is 18.1 Å². The first-order valence-corrected chi connectivity index (χ1v) is 11.4. The minimum Gasteiger partial charge on any atom is -0.381 e. The normalized spacial score (nSPS) is 16.4. The van der Waals surface area contributed by atoms with E-state index in [1.165, 1.54) is 28.3 Å². The Hall–Kier alpha value is -4.19. The highest BCUT2D eigenvalue weighted by atomic mass is 19.1. The molecule has 1 fully saturated rings. The van der Waals surface area contributed by atoms with Crippen molar-refractivity contribution in [2.75, 3.05) is 18.0 Å². The molecular formula is C24H24F2N8O2. The molecule has 1 aliphatic heterocycles. The Morgan fingerprint density at radius 3 is 2.58 bits per heavy atom. The largest absolute Gasteiger partial charge is 0.381 e. The number of halogens is 2. The van der Waals surface area contributed by atoms with Gasteiger partial charge in [-0.3, -0.25) is 4.90 Å². The fraction of sp³-hybridized carbons (Fsp3) is 0.292. The van der Waals surface area contributed by atoms with E-state index in [-0.39, 0.29) is 18.1 Å². The topological polar surface area (TPSA) is 105 Å². The van der Waals surface area contributed by atoms with Crippen molar-refractivity contribution >= 4 is 11.7 Å². The molecule has 0 radical (unpaired) electrons. The second-order valence-electron chi connectivity index (χ2n) is 8.71. The number of carbonyl (C=O) groups is 1. The third-order valence-corrected chi connectivity index (χ3v) is 6.53. The Morgan fingerprint density at radius 1 is 1.11 bits per heavy atom. The molecule has 10 nitrogen and oxygen atoms in total. The molecule has 186 valence electrons. The van der Waals surface area contributed by atoms with Crippen LogP contribution >= 0.6 is 0 Å². The Balaban J connectivity index is 1.39. The molecule has 1 N–H and O–H groups in total. The molecule has 0 unspecified atom stereocenters. The number of nitrogens with zero attached hydrogens (tertiary/aromatic N) is 8. The molecule has 1 saturated heterocycles.